The fraction of sp³-hybridized carbons (Fsp3) is 0.417. The summed E-state index contributed by atoms with van der Waals surface area (Å²) in [6.45, 7) is 4.75. The second kappa shape index (κ2) is 7.75. The van der Waals surface area contributed by atoms with Gasteiger partial charge < -0.3 is 0 Å². The van der Waals surface area contributed by atoms with Crippen LogP contribution in [0.15, 0.2) is 48.5 Å². The van der Waals surface area contributed by atoms with Gasteiger partial charge in [-0.1, -0.05) is 37.3 Å². The van der Waals surface area contributed by atoms with E-state index in [1.807, 2.05) is 41.3 Å². The van der Waals surface area contributed by atoms with Crippen LogP contribution in [0, 0.1) is 0 Å². The summed E-state index contributed by atoms with van der Waals surface area (Å²) in [5.41, 5.74) is 3.90. The van der Waals surface area contributed by atoms with Crippen molar-refractivity contribution in [2.75, 3.05) is 35.3 Å². The maximum Gasteiger partial charge on any atom is 0.269 e. The summed E-state index contributed by atoms with van der Waals surface area (Å²) in [5.74, 6) is 0.678. The quantitative estimate of drug-likeness (QED) is 0.749. The van der Waals surface area contributed by atoms with Crippen molar-refractivity contribution < 1.29 is 9.59 Å². The summed E-state index contributed by atoms with van der Waals surface area (Å²) >= 11 is 1.60. The molecular weight excluding hydrogens is 394 g/mol. The van der Waals surface area contributed by atoms with Crippen molar-refractivity contribution in [2.45, 2.75) is 37.5 Å². The molecule has 3 aliphatic heterocycles. The Morgan fingerprint density at radius 3 is 2.47 bits per heavy atom. The normalized spacial score (nSPS) is 24.2. The lowest BCUT2D eigenvalue weighted by molar-refractivity contribution is -0.126. The largest absolute Gasteiger partial charge is 0.295 e. The predicted molar refractivity (Wildman–Crippen MR) is 122 cm³/mol. The molecule has 156 valence electrons. The third kappa shape index (κ3) is 2.96. The van der Waals surface area contributed by atoms with E-state index in [0.717, 1.165) is 36.4 Å². The number of thioether (sulfide) groups is 1. The average molecular weight is 422 g/mol. The van der Waals surface area contributed by atoms with Gasteiger partial charge >= 0.3 is 0 Å². The Kier molecular flexibility index (Phi) is 5.07. The van der Waals surface area contributed by atoms with Gasteiger partial charge in [-0.25, -0.2) is 0 Å². The first-order valence-corrected chi connectivity index (χ1v) is 11.8. The summed E-state index contributed by atoms with van der Waals surface area (Å²) in [6.07, 6.45) is 3.75. The van der Waals surface area contributed by atoms with E-state index >= 15 is 0 Å². The lowest BCUT2D eigenvalue weighted by Gasteiger charge is -2.43. The van der Waals surface area contributed by atoms with Gasteiger partial charge in [-0.05, 0) is 56.1 Å². The van der Waals surface area contributed by atoms with Gasteiger partial charge in [-0.15, -0.1) is 11.8 Å². The highest BCUT2D eigenvalue weighted by Crippen LogP contribution is 2.54. The van der Waals surface area contributed by atoms with E-state index in [1.54, 1.807) is 16.7 Å². The second-order valence-corrected chi connectivity index (χ2v) is 9.50. The Hall–Kier alpha value is -2.31. The summed E-state index contributed by atoms with van der Waals surface area (Å²) < 4.78 is 0. The molecule has 1 atom stereocenters. The molecule has 2 saturated heterocycles. The maximum absolute atomic E-state index is 14.1. The molecule has 5 nitrogen and oxygen atoms in total. The smallest absolute Gasteiger partial charge is 0.269 e. The van der Waals surface area contributed by atoms with Crippen LogP contribution in [-0.2, 0) is 20.9 Å². The van der Waals surface area contributed by atoms with E-state index in [0.29, 0.717) is 18.8 Å². The van der Waals surface area contributed by atoms with Gasteiger partial charge in [0.25, 0.3) is 5.91 Å². The topological polar surface area (TPSA) is 43.9 Å². The maximum atomic E-state index is 14.1. The van der Waals surface area contributed by atoms with Crippen molar-refractivity contribution in [3.8, 4) is 0 Å². The minimum absolute atomic E-state index is 0.00761. The third-order valence-electron chi connectivity index (χ3n) is 6.43. The lowest BCUT2D eigenvalue weighted by Crippen LogP contribution is -2.57. The fourth-order valence-electron chi connectivity index (χ4n) is 4.87. The zero-order chi connectivity index (χ0) is 20.7. The summed E-state index contributed by atoms with van der Waals surface area (Å²) in [5, 5.41) is 0. The molecule has 0 saturated carbocycles. The third-order valence-corrected chi connectivity index (χ3v) is 7.83. The molecule has 0 aliphatic carbocycles. The lowest BCUT2D eigenvalue weighted by atomic mass is 10.0. The second-order valence-electron chi connectivity index (χ2n) is 8.21. The highest BCUT2D eigenvalue weighted by Gasteiger charge is 2.59. The van der Waals surface area contributed by atoms with Crippen molar-refractivity contribution in [3.05, 3.63) is 59.7 Å². The summed E-state index contributed by atoms with van der Waals surface area (Å²) in [4.78, 5) is 32.3. The van der Waals surface area contributed by atoms with E-state index in [9.17, 15) is 9.59 Å². The van der Waals surface area contributed by atoms with Crippen LogP contribution in [0.1, 0.15) is 37.3 Å². The van der Waals surface area contributed by atoms with E-state index in [4.69, 9.17) is 0 Å². The molecule has 2 aromatic carbocycles. The Balaban J connectivity index is 1.62. The van der Waals surface area contributed by atoms with Crippen LogP contribution in [0.25, 0.3) is 0 Å². The number of para-hydroxylation sites is 1. The van der Waals surface area contributed by atoms with Crippen LogP contribution in [0.4, 0.5) is 11.4 Å². The standard InChI is InChI=1S/C24H27N3O2S/c1-2-18-9-11-19(12-10-18)27-22(28)13-16-30-24(27)20-7-3-4-8-21(20)26(23(24)29)17-25-14-5-6-15-25/h3-4,7-12H,2,5-6,13-17H2,1H3. The number of hydrogen-bond donors (Lipinski definition) is 0. The van der Waals surface area contributed by atoms with Crippen LogP contribution in [0.5, 0.6) is 0 Å². The number of hydrogen-bond acceptors (Lipinski definition) is 4. The zero-order valence-corrected chi connectivity index (χ0v) is 18.2. The van der Waals surface area contributed by atoms with E-state index in [1.165, 1.54) is 18.4 Å². The molecule has 0 bridgehead atoms. The molecule has 2 aromatic rings. The van der Waals surface area contributed by atoms with Crippen LogP contribution in [-0.4, -0.2) is 42.2 Å². The van der Waals surface area contributed by atoms with Gasteiger partial charge in [-0.3, -0.25) is 24.3 Å². The molecule has 3 heterocycles. The monoisotopic (exact) mass is 421 g/mol. The number of benzene rings is 2. The Bertz CT molecular complexity index is 971. The molecule has 5 rings (SSSR count). The van der Waals surface area contributed by atoms with Crippen molar-refractivity contribution in [1.29, 1.82) is 0 Å². The van der Waals surface area contributed by atoms with Gasteiger partial charge in [0.1, 0.15) is 0 Å². The van der Waals surface area contributed by atoms with Crippen molar-refractivity contribution in [1.82, 2.24) is 4.90 Å². The average Bonchev–Trinajstić information content (AvgIpc) is 3.37. The predicted octanol–water partition coefficient (Wildman–Crippen LogP) is 3.97. The summed E-state index contributed by atoms with van der Waals surface area (Å²) in [7, 11) is 0. The molecule has 30 heavy (non-hydrogen) atoms. The Morgan fingerprint density at radius 1 is 1.00 bits per heavy atom. The molecule has 0 radical (unpaired) electrons. The number of anilines is 2. The molecule has 6 heteroatoms. The first-order chi connectivity index (χ1) is 14.6. The van der Waals surface area contributed by atoms with Gasteiger partial charge in [0.05, 0.1) is 12.4 Å². The molecular formula is C24H27N3O2S. The minimum Gasteiger partial charge on any atom is -0.295 e. The number of aryl methyl sites for hydroxylation is 1. The number of rotatable bonds is 4. The van der Waals surface area contributed by atoms with Crippen molar-refractivity contribution in [3.63, 3.8) is 0 Å². The van der Waals surface area contributed by atoms with Crippen LogP contribution >= 0.6 is 11.8 Å². The Morgan fingerprint density at radius 2 is 1.73 bits per heavy atom. The Labute approximate surface area is 182 Å². The number of nitrogens with zero attached hydrogens (tertiary/aromatic N) is 3. The minimum atomic E-state index is -1.01. The van der Waals surface area contributed by atoms with E-state index in [-0.39, 0.29) is 11.8 Å². The SMILES string of the molecule is CCc1ccc(N2C(=O)CCSC23C(=O)N(CN2CCCC2)c2ccccc23)cc1. The van der Waals surface area contributed by atoms with Crippen molar-refractivity contribution in [2.24, 2.45) is 0 Å². The molecule has 1 unspecified atom stereocenters. The number of carbonyl (C=O) groups is 2. The van der Waals surface area contributed by atoms with Gasteiger partial charge in [0.2, 0.25) is 10.8 Å². The fourth-order valence-corrected chi connectivity index (χ4v) is 6.34. The van der Waals surface area contributed by atoms with Gasteiger partial charge in [0, 0.05) is 23.4 Å². The molecule has 0 N–H and O–H groups in total. The van der Waals surface area contributed by atoms with Gasteiger partial charge in [0.15, 0.2) is 0 Å². The highest BCUT2D eigenvalue weighted by molar-refractivity contribution is 8.01. The first-order valence-electron chi connectivity index (χ1n) is 10.8. The van der Waals surface area contributed by atoms with Crippen LogP contribution < -0.4 is 9.80 Å². The summed E-state index contributed by atoms with van der Waals surface area (Å²) in [6, 6.07) is 16.1. The van der Waals surface area contributed by atoms with E-state index in [2.05, 4.69) is 24.0 Å². The molecule has 1 spiro atoms. The molecule has 2 amide bonds. The number of carbonyl (C=O) groups excluding carboxylic acids is 2. The molecule has 2 fully saturated rings. The zero-order valence-electron chi connectivity index (χ0n) is 17.3. The number of likely N-dealkylation sites (tertiary alicyclic amines) is 1. The van der Waals surface area contributed by atoms with Gasteiger partial charge in [-0.2, -0.15) is 0 Å². The number of amides is 2. The molecule has 0 aromatic heterocycles. The van der Waals surface area contributed by atoms with Crippen molar-refractivity contribution >= 4 is 35.0 Å². The molecule has 3 aliphatic rings. The van der Waals surface area contributed by atoms with E-state index < -0.39 is 4.87 Å². The number of fused-ring (bicyclic) bond motifs is 2. The van der Waals surface area contributed by atoms with Crippen LogP contribution in [0.3, 0.4) is 0 Å². The first kappa shape index (κ1) is 19.6. The highest BCUT2D eigenvalue weighted by atomic mass is 32.2. The van der Waals surface area contributed by atoms with Crippen LogP contribution in [0.2, 0.25) is 0 Å².